The summed E-state index contributed by atoms with van der Waals surface area (Å²) in [5.74, 6) is -0.877. The van der Waals surface area contributed by atoms with E-state index in [4.69, 9.17) is 11.6 Å². The van der Waals surface area contributed by atoms with Crippen LogP contribution >= 0.6 is 11.6 Å². The number of β-amino-alcohol motifs (C(OH)–C–C–N with tert-alkyl or cyclic N) is 1. The monoisotopic (exact) mass is 347 g/mol. The second-order valence-electron chi connectivity index (χ2n) is 6.04. The number of aryl methyl sites for hydroxylation is 1. The fourth-order valence-electron chi connectivity index (χ4n) is 2.93. The summed E-state index contributed by atoms with van der Waals surface area (Å²) >= 11 is 5.82. The Balaban J connectivity index is 1.66. The number of hydrogen-bond acceptors (Lipinski definition) is 4. The van der Waals surface area contributed by atoms with Crippen LogP contribution in [0.5, 0.6) is 0 Å². The van der Waals surface area contributed by atoms with E-state index in [1.807, 2.05) is 6.20 Å². The van der Waals surface area contributed by atoms with Gasteiger partial charge in [0.2, 0.25) is 11.8 Å². The largest absolute Gasteiger partial charge is 0.387 e. The Morgan fingerprint density at radius 1 is 1.33 bits per heavy atom. The molecule has 0 saturated carbocycles. The summed E-state index contributed by atoms with van der Waals surface area (Å²) in [6, 6.07) is 6.70. The Morgan fingerprint density at radius 2 is 2.04 bits per heavy atom. The van der Waals surface area contributed by atoms with Gasteiger partial charge in [-0.2, -0.15) is 5.10 Å². The van der Waals surface area contributed by atoms with Crippen molar-refractivity contribution in [2.75, 3.05) is 6.54 Å². The van der Waals surface area contributed by atoms with Gasteiger partial charge in [-0.1, -0.05) is 23.7 Å². The van der Waals surface area contributed by atoms with Crippen LogP contribution in [-0.4, -0.2) is 38.1 Å². The molecule has 0 aliphatic carbocycles. The van der Waals surface area contributed by atoms with Crippen molar-refractivity contribution in [3.8, 4) is 0 Å². The number of benzene rings is 1. The first-order chi connectivity index (χ1) is 11.4. The van der Waals surface area contributed by atoms with E-state index in [0.29, 0.717) is 17.0 Å². The Bertz CT molecular complexity index is 757. The van der Waals surface area contributed by atoms with Crippen molar-refractivity contribution >= 4 is 23.4 Å². The SMILES string of the molecule is Cn1cc(CC2CC(=O)N(CC(O)c3ccc(Cl)cc3)C2=O)cn1. The molecule has 24 heavy (non-hydrogen) atoms. The normalized spacial score (nSPS) is 19.1. The van der Waals surface area contributed by atoms with Crippen molar-refractivity contribution in [2.45, 2.75) is 18.9 Å². The van der Waals surface area contributed by atoms with E-state index in [1.54, 1.807) is 42.2 Å². The van der Waals surface area contributed by atoms with Crippen molar-refractivity contribution in [1.29, 1.82) is 0 Å². The van der Waals surface area contributed by atoms with Crippen LogP contribution in [0.4, 0.5) is 0 Å². The lowest BCUT2D eigenvalue weighted by Gasteiger charge is -2.19. The van der Waals surface area contributed by atoms with E-state index in [-0.39, 0.29) is 30.7 Å². The Hall–Kier alpha value is -2.18. The summed E-state index contributed by atoms with van der Waals surface area (Å²) in [4.78, 5) is 25.8. The molecule has 0 spiro atoms. The number of hydrogen-bond donors (Lipinski definition) is 1. The molecule has 1 fully saturated rings. The maximum Gasteiger partial charge on any atom is 0.233 e. The lowest BCUT2D eigenvalue weighted by atomic mass is 10.0. The van der Waals surface area contributed by atoms with Crippen molar-refractivity contribution in [3.05, 3.63) is 52.8 Å². The molecule has 1 saturated heterocycles. The van der Waals surface area contributed by atoms with Crippen molar-refractivity contribution < 1.29 is 14.7 Å². The van der Waals surface area contributed by atoms with Gasteiger partial charge in [0.05, 0.1) is 24.8 Å². The molecule has 1 N–H and O–H groups in total. The smallest absolute Gasteiger partial charge is 0.233 e. The van der Waals surface area contributed by atoms with E-state index >= 15 is 0 Å². The first-order valence-electron chi connectivity index (χ1n) is 7.69. The van der Waals surface area contributed by atoms with Gasteiger partial charge in [-0.15, -0.1) is 0 Å². The summed E-state index contributed by atoms with van der Waals surface area (Å²) in [5.41, 5.74) is 1.54. The molecule has 1 aliphatic heterocycles. The number of imide groups is 1. The Morgan fingerprint density at radius 3 is 2.67 bits per heavy atom. The third kappa shape index (κ3) is 3.49. The number of aromatic nitrogens is 2. The predicted octanol–water partition coefficient (Wildman–Crippen LogP) is 1.72. The molecule has 2 atom stereocenters. The van der Waals surface area contributed by atoms with Crippen molar-refractivity contribution in [3.63, 3.8) is 0 Å². The molecule has 0 radical (unpaired) electrons. The molecule has 6 nitrogen and oxygen atoms in total. The zero-order chi connectivity index (χ0) is 17.3. The number of carbonyl (C=O) groups is 2. The molecular weight excluding hydrogens is 330 g/mol. The van der Waals surface area contributed by atoms with Crippen LogP contribution in [0, 0.1) is 5.92 Å². The molecule has 3 rings (SSSR count). The first kappa shape index (κ1) is 16.7. The van der Waals surface area contributed by atoms with Gasteiger partial charge < -0.3 is 5.11 Å². The first-order valence-corrected chi connectivity index (χ1v) is 8.07. The molecule has 1 aromatic heterocycles. The summed E-state index contributed by atoms with van der Waals surface area (Å²) in [6.07, 6.45) is 3.26. The summed E-state index contributed by atoms with van der Waals surface area (Å²) in [5, 5.41) is 14.9. The topological polar surface area (TPSA) is 75.4 Å². The van der Waals surface area contributed by atoms with Crippen molar-refractivity contribution in [2.24, 2.45) is 13.0 Å². The predicted molar refractivity (Wildman–Crippen MR) is 88.2 cm³/mol. The lowest BCUT2D eigenvalue weighted by Crippen LogP contribution is -2.34. The van der Waals surface area contributed by atoms with Gasteiger partial charge in [0.1, 0.15) is 0 Å². The summed E-state index contributed by atoms with van der Waals surface area (Å²) in [7, 11) is 1.81. The number of rotatable bonds is 5. The number of aliphatic hydroxyl groups is 1. The highest BCUT2D eigenvalue weighted by Crippen LogP contribution is 2.26. The minimum absolute atomic E-state index is 0.0389. The molecular formula is C17H18ClN3O3. The van der Waals surface area contributed by atoms with Gasteiger partial charge >= 0.3 is 0 Å². The van der Waals surface area contributed by atoms with E-state index in [1.165, 1.54) is 0 Å². The van der Waals surface area contributed by atoms with Crippen LogP contribution in [-0.2, 0) is 23.1 Å². The minimum Gasteiger partial charge on any atom is -0.387 e. The van der Waals surface area contributed by atoms with Gasteiger partial charge in [0.15, 0.2) is 0 Å². The van der Waals surface area contributed by atoms with Crippen LogP contribution in [0.25, 0.3) is 0 Å². The van der Waals surface area contributed by atoms with Crippen LogP contribution in [0.3, 0.4) is 0 Å². The fraction of sp³-hybridized carbons (Fsp3) is 0.353. The van der Waals surface area contributed by atoms with E-state index < -0.39 is 6.10 Å². The molecule has 126 valence electrons. The van der Waals surface area contributed by atoms with Gasteiger partial charge in [-0.05, 0) is 29.7 Å². The van der Waals surface area contributed by atoms with E-state index in [2.05, 4.69) is 5.10 Å². The van der Waals surface area contributed by atoms with Crippen LogP contribution < -0.4 is 0 Å². The second-order valence-corrected chi connectivity index (χ2v) is 6.47. The quantitative estimate of drug-likeness (QED) is 0.836. The molecule has 1 aliphatic rings. The number of nitrogens with zero attached hydrogens (tertiary/aromatic N) is 3. The number of likely N-dealkylation sites (tertiary alicyclic amines) is 1. The molecule has 0 bridgehead atoms. The van der Waals surface area contributed by atoms with Crippen LogP contribution in [0.2, 0.25) is 5.02 Å². The average molecular weight is 348 g/mol. The highest BCUT2D eigenvalue weighted by molar-refractivity contribution is 6.30. The van der Waals surface area contributed by atoms with Crippen LogP contribution in [0.15, 0.2) is 36.7 Å². The maximum absolute atomic E-state index is 12.5. The molecule has 2 heterocycles. The zero-order valence-electron chi connectivity index (χ0n) is 13.2. The molecule has 2 amide bonds. The molecule has 1 aromatic carbocycles. The molecule has 7 heteroatoms. The van der Waals surface area contributed by atoms with Gasteiger partial charge in [0, 0.05) is 24.7 Å². The number of halogens is 1. The number of aliphatic hydroxyl groups excluding tert-OH is 1. The van der Waals surface area contributed by atoms with E-state index in [9.17, 15) is 14.7 Å². The third-order valence-corrected chi connectivity index (χ3v) is 4.44. The summed E-state index contributed by atoms with van der Waals surface area (Å²) in [6.45, 7) is -0.0389. The zero-order valence-corrected chi connectivity index (χ0v) is 14.0. The number of amides is 2. The lowest BCUT2D eigenvalue weighted by molar-refractivity contribution is -0.141. The molecule has 2 aromatic rings. The molecule has 2 unspecified atom stereocenters. The average Bonchev–Trinajstić information content (AvgIpc) is 3.06. The Kier molecular flexibility index (Phi) is 4.69. The minimum atomic E-state index is -0.924. The van der Waals surface area contributed by atoms with Gasteiger partial charge in [-0.3, -0.25) is 19.2 Å². The number of carbonyl (C=O) groups excluding carboxylic acids is 2. The third-order valence-electron chi connectivity index (χ3n) is 4.19. The standard InChI is InChI=1S/C17H18ClN3O3/c1-20-9-11(8-19-20)6-13-7-16(23)21(17(13)24)10-15(22)12-2-4-14(18)5-3-12/h2-5,8-9,13,15,22H,6-7,10H2,1H3. The Labute approximate surface area is 144 Å². The van der Waals surface area contributed by atoms with E-state index in [0.717, 1.165) is 10.5 Å². The fourth-order valence-corrected chi connectivity index (χ4v) is 3.05. The van der Waals surface area contributed by atoms with Crippen LogP contribution in [0.1, 0.15) is 23.7 Å². The second kappa shape index (κ2) is 6.75. The highest BCUT2D eigenvalue weighted by Gasteiger charge is 2.39. The van der Waals surface area contributed by atoms with Gasteiger partial charge in [-0.25, -0.2) is 0 Å². The van der Waals surface area contributed by atoms with Gasteiger partial charge in [0.25, 0.3) is 0 Å². The maximum atomic E-state index is 12.5. The summed E-state index contributed by atoms with van der Waals surface area (Å²) < 4.78 is 1.67. The van der Waals surface area contributed by atoms with Crippen molar-refractivity contribution in [1.82, 2.24) is 14.7 Å². The highest BCUT2D eigenvalue weighted by atomic mass is 35.5.